The Kier molecular flexibility index (Phi) is 3.36. The second-order valence-electron chi connectivity index (χ2n) is 3.94. The van der Waals surface area contributed by atoms with Crippen LogP contribution in [0.3, 0.4) is 0 Å². The van der Waals surface area contributed by atoms with E-state index in [1.807, 2.05) is 12.3 Å². The van der Waals surface area contributed by atoms with Gasteiger partial charge in [0.2, 0.25) is 0 Å². The zero-order chi connectivity index (χ0) is 10.7. The van der Waals surface area contributed by atoms with Gasteiger partial charge in [-0.3, -0.25) is 4.79 Å². The first-order valence-electron chi connectivity index (χ1n) is 5.44. The largest absolute Gasteiger partial charge is 0.310 e. The van der Waals surface area contributed by atoms with Crippen molar-refractivity contribution in [3.8, 4) is 0 Å². The molecule has 1 aliphatic heterocycles. The third-order valence-electron chi connectivity index (χ3n) is 2.77. The van der Waals surface area contributed by atoms with Crippen LogP contribution in [-0.2, 0) is 0 Å². The molecule has 0 N–H and O–H groups in total. The standard InChI is InChI=1S/C11H16N2OS/c14-11-9-10(15)5-8-13(11)12-6-3-1-2-4-7-12/h5,8-9,15H,1-4,6-7H2. The lowest BCUT2D eigenvalue weighted by Crippen LogP contribution is -2.42. The van der Waals surface area contributed by atoms with Crippen molar-refractivity contribution < 1.29 is 0 Å². The Morgan fingerprint density at radius 2 is 1.80 bits per heavy atom. The average Bonchev–Trinajstić information content (AvgIpc) is 2.46. The Morgan fingerprint density at radius 3 is 2.40 bits per heavy atom. The summed E-state index contributed by atoms with van der Waals surface area (Å²) >= 11 is 4.15. The molecule has 3 nitrogen and oxygen atoms in total. The molecule has 2 rings (SSSR count). The molecular formula is C11H16N2OS. The lowest BCUT2D eigenvalue weighted by molar-refractivity contribution is 0.571. The van der Waals surface area contributed by atoms with E-state index >= 15 is 0 Å². The van der Waals surface area contributed by atoms with Crippen molar-refractivity contribution in [2.75, 3.05) is 18.1 Å². The molecular weight excluding hydrogens is 208 g/mol. The van der Waals surface area contributed by atoms with E-state index < -0.39 is 0 Å². The average molecular weight is 224 g/mol. The summed E-state index contributed by atoms with van der Waals surface area (Å²) in [6, 6.07) is 3.42. The summed E-state index contributed by atoms with van der Waals surface area (Å²) in [5.74, 6) is 0. The predicted octanol–water partition coefficient (Wildman–Crippen LogP) is 1.65. The van der Waals surface area contributed by atoms with E-state index in [0.717, 1.165) is 18.0 Å². The zero-order valence-electron chi connectivity index (χ0n) is 8.72. The first-order valence-corrected chi connectivity index (χ1v) is 5.89. The maximum Gasteiger partial charge on any atom is 0.270 e. The quantitative estimate of drug-likeness (QED) is 0.734. The molecule has 0 saturated carbocycles. The van der Waals surface area contributed by atoms with Gasteiger partial charge < -0.3 is 5.01 Å². The second kappa shape index (κ2) is 4.75. The van der Waals surface area contributed by atoms with Crippen molar-refractivity contribution in [2.24, 2.45) is 0 Å². The fraction of sp³-hybridized carbons (Fsp3) is 0.545. The van der Waals surface area contributed by atoms with E-state index in [9.17, 15) is 4.79 Å². The molecule has 0 atom stereocenters. The zero-order valence-corrected chi connectivity index (χ0v) is 9.62. The highest BCUT2D eigenvalue weighted by Crippen LogP contribution is 2.08. The molecule has 0 radical (unpaired) electrons. The number of hydrogen-bond acceptors (Lipinski definition) is 3. The van der Waals surface area contributed by atoms with E-state index in [2.05, 4.69) is 17.6 Å². The SMILES string of the molecule is O=c1cc(S)ccn1N1CCCCCC1. The van der Waals surface area contributed by atoms with Crippen molar-refractivity contribution >= 4 is 12.6 Å². The van der Waals surface area contributed by atoms with Gasteiger partial charge >= 0.3 is 0 Å². The van der Waals surface area contributed by atoms with Gasteiger partial charge in [-0.15, -0.1) is 12.6 Å². The lowest BCUT2D eigenvalue weighted by atomic mass is 10.2. The number of nitrogens with zero attached hydrogens (tertiary/aromatic N) is 2. The Morgan fingerprint density at radius 1 is 1.13 bits per heavy atom. The molecule has 4 heteroatoms. The van der Waals surface area contributed by atoms with Crippen LogP contribution in [0.15, 0.2) is 28.0 Å². The Labute approximate surface area is 95.1 Å². The summed E-state index contributed by atoms with van der Waals surface area (Å²) in [5, 5.41) is 2.13. The van der Waals surface area contributed by atoms with Gasteiger partial charge in [-0.1, -0.05) is 12.8 Å². The highest BCUT2D eigenvalue weighted by Gasteiger charge is 2.10. The molecule has 0 amide bonds. The topological polar surface area (TPSA) is 25.2 Å². The molecule has 0 spiro atoms. The van der Waals surface area contributed by atoms with Gasteiger partial charge in [0.1, 0.15) is 0 Å². The maximum absolute atomic E-state index is 11.7. The summed E-state index contributed by atoms with van der Waals surface area (Å²) in [7, 11) is 0. The summed E-state index contributed by atoms with van der Waals surface area (Å²) < 4.78 is 1.71. The number of aromatic nitrogens is 1. The monoisotopic (exact) mass is 224 g/mol. The van der Waals surface area contributed by atoms with E-state index in [0.29, 0.717) is 0 Å². The number of pyridine rings is 1. The second-order valence-corrected chi connectivity index (χ2v) is 4.45. The van der Waals surface area contributed by atoms with E-state index in [1.165, 1.54) is 25.7 Å². The predicted molar refractivity (Wildman–Crippen MR) is 64.4 cm³/mol. The van der Waals surface area contributed by atoms with Gasteiger partial charge in [-0.05, 0) is 18.9 Å². The summed E-state index contributed by atoms with van der Waals surface area (Å²) in [6.45, 7) is 1.96. The molecule has 2 heterocycles. The van der Waals surface area contributed by atoms with Crippen LogP contribution >= 0.6 is 12.6 Å². The smallest absolute Gasteiger partial charge is 0.270 e. The summed E-state index contributed by atoms with van der Waals surface area (Å²) in [6.07, 6.45) is 6.71. The van der Waals surface area contributed by atoms with Gasteiger partial charge in [0.05, 0.1) is 0 Å². The van der Waals surface area contributed by atoms with Crippen LogP contribution in [0.1, 0.15) is 25.7 Å². The normalized spacial score (nSPS) is 17.5. The van der Waals surface area contributed by atoms with Crippen molar-refractivity contribution in [2.45, 2.75) is 30.6 Å². The van der Waals surface area contributed by atoms with Crippen molar-refractivity contribution in [3.05, 3.63) is 28.7 Å². The molecule has 1 aromatic heterocycles. The Bertz CT molecular complexity index is 380. The molecule has 0 aliphatic carbocycles. The fourth-order valence-electron chi connectivity index (χ4n) is 1.96. The van der Waals surface area contributed by atoms with Gasteiger partial charge in [0.15, 0.2) is 0 Å². The molecule has 0 aromatic carbocycles. The van der Waals surface area contributed by atoms with Crippen molar-refractivity contribution in [3.63, 3.8) is 0 Å². The molecule has 1 aliphatic rings. The van der Waals surface area contributed by atoms with E-state index in [1.54, 1.807) is 10.7 Å². The third kappa shape index (κ3) is 2.56. The van der Waals surface area contributed by atoms with Crippen LogP contribution < -0.4 is 10.6 Å². The highest BCUT2D eigenvalue weighted by molar-refractivity contribution is 7.80. The minimum absolute atomic E-state index is 0.0180. The Balaban J connectivity index is 2.23. The van der Waals surface area contributed by atoms with Crippen LogP contribution in [-0.4, -0.2) is 17.8 Å². The molecule has 0 bridgehead atoms. The third-order valence-corrected chi connectivity index (χ3v) is 3.05. The first kappa shape index (κ1) is 10.6. The lowest BCUT2D eigenvalue weighted by Gasteiger charge is -2.24. The molecule has 82 valence electrons. The van der Waals surface area contributed by atoms with Crippen LogP contribution in [0.5, 0.6) is 0 Å². The van der Waals surface area contributed by atoms with Gasteiger partial charge in [0, 0.05) is 30.2 Å². The van der Waals surface area contributed by atoms with Crippen LogP contribution in [0.25, 0.3) is 0 Å². The minimum atomic E-state index is 0.0180. The number of hydrogen-bond donors (Lipinski definition) is 1. The fourth-order valence-corrected chi connectivity index (χ4v) is 2.14. The van der Waals surface area contributed by atoms with Gasteiger partial charge in [0.25, 0.3) is 5.56 Å². The van der Waals surface area contributed by atoms with Gasteiger partial charge in [-0.25, -0.2) is 4.68 Å². The summed E-state index contributed by atoms with van der Waals surface area (Å²) in [5.41, 5.74) is 0.0180. The van der Waals surface area contributed by atoms with E-state index in [4.69, 9.17) is 0 Å². The number of thiol groups is 1. The van der Waals surface area contributed by atoms with Crippen LogP contribution in [0.4, 0.5) is 0 Å². The molecule has 1 aromatic rings. The van der Waals surface area contributed by atoms with Gasteiger partial charge in [-0.2, -0.15) is 0 Å². The maximum atomic E-state index is 11.7. The van der Waals surface area contributed by atoms with Crippen LogP contribution in [0, 0.1) is 0 Å². The Hall–Kier alpha value is -0.900. The molecule has 1 saturated heterocycles. The van der Waals surface area contributed by atoms with E-state index in [-0.39, 0.29) is 5.56 Å². The number of rotatable bonds is 1. The van der Waals surface area contributed by atoms with Crippen molar-refractivity contribution in [1.82, 2.24) is 4.68 Å². The summed E-state index contributed by atoms with van der Waals surface area (Å²) in [4.78, 5) is 12.5. The molecule has 15 heavy (non-hydrogen) atoms. The molecule has 1 fully saturated rings. The van der Waals surface area contributed by atoms with Crippen LogP contribution in [0.2, 0.25) is 0 Å². The highest BCUT2D eigenvalue weighted by atomic mass is 32.1. The van der Waals surface area contributed by atoms with Crippen molar-refractivity contribution in [1.29, 1.82) is 0 Å². The first-order chi connectivity index (χ1) is 7.27. The molecule has 0 unspecified atom stereocenters. The minimum Gasteiger partial charge on any atom is -0.310 e.